The molecule has 0 bridgehead atoms. The van der Waals surface area contributed by atoms with E-state index < -0.39 is 0 Å². The summed E-state index contributed by atoms with van der Waals surface area (Å²) < 4.78 is 0. The molecule has 6 nitrogen and oxygen atoms in total. The highest BCUT2D eigenvalue weighted by Crippen LogP contribution is 2.27. The van der Waals surface area contributed by atoms with Crippen molar-refractivity contribution in [3.63, 3.8) is 0 Å². The predicted octanol–water partition coefficient (Wildman–Crippen LogP) is 2.25. The number of aliphatic hydroxyl groups excluding tert-OH is 1. The summed E-state index contributed by atoms with van der Waals surface area (Å²) in [6.45, 7) is 3.75. The number of anilines is 2. The number of pyridine rings is 2. The number of aliphatic hydroxyl groups is 1. The second-order valence-corrected chi connectivity index (χ2v) is 6.11. The molecule has 3 heterocycles. The first-order chi connectivity index (χ1) is 11.7. The maximum absolute atomic E-state index is 12.4. The van der Waals surface area contributed by atoms with Gasteiger partial charge in [-0.05, 0) is 49.9 Å². The Morgan fingerprint density at radius 2 is 2.08 bits per heavy atom. The van der Waals surface area contributed by atoms with Crippen molar-refractivity contribution >= 4 is 17.4 Å². The van der Waals surface area contributed by atoms with E-state index in [4.69, 9.17) is 0 Å². The second-order valence-electron chi connectivity index (χ2n) is 6.11. The molecule has 6 heteroatoms. The molecule has 2 aromatic rings. The van der Waals surface area contributed by atoms with Crippen LogP contribution in [0.4, 0.5) is 11.5 Å². The lowest BCUT2D eigenvalue weighted by atomic mass is 9.98. The first-order valence-corrected chi connectivity index (χ1v) is 8.23. The van der Waals surface area contributed by atoms with E-state index in [1.165, 1.54) is 0 Å². The maximum Gasteiger partial charge on any atom is 0.274 e. The summed E-state index contributed by atoms with van der Waals surface area (Å²) in [6.07, 6.45) is 3.59. The van der Waals surface area contributed by atoms with Gasteiger partial charge in [-0.1, -0.05) is 6.07 Å². The van der Waals surface area contributed by atoms with Crippen LogP contribution in [0, 0.1) is 12.8 Å². The van der Waals surface area contributed by atoms with Crippen molar-refractivity contribution in [3.05, 3.63) is 47.9 Å². The van der Waals surface area contributed by atoms with Crippen molar-refractivity contribution in [1.82, 2.24) is 9.97 Å². The Morgan fingerprint density at radius 3 is 2.79 bits per heavy atom. The van der Waals surface area contributed by atoms with Crippen LogP contribution in [0.3, 0.4) is 0 Å². The number of aryl methyl sites for hydroxylation is 1. The summed E-state index contributed by atoms with van der Waals surface area (Å²) in [5.74, 6) is 0.896. The van der Waals surface area contributed by atoms with Gasteiger partial charge in [0.15, 0.2) is 5.82 Å². The number of amides is 1. The third-order valence-electron chi connectivity index (χ3n) is 4.33. The number of carbonyl (C=O) groups excluding carboxylic acids is 1. The molecular formula is C18H22N4O2. The zero-order valence-electron chi connectivity index (χ0n) is 13.8. The number of nitrogens with zero attached hydrogens (tertiary/aromatic N) is 3. The van der Waals surface area contributed by atoms with E-state index in [1.54, 1.807) is 12.3 Å². The monoisotopic (exact) mass is 326 g/mol. The Balaban J connectivity index is 1.76. The second kappa shape index (κ2) is 7.40. The minimum absolute atomic E-state index is 0.235. The van der Waals surface area contributed by atoms with E-state index in [9.17, 15) is 9.90 Å². The molecule has 1 aliphatic heterocycles. The molecule has 1 amide bonds. The van der Waals surface area contributed by atoms with Gasteiger partial charge in [-0.2, -0.15) is 0 Å². The molecule has 1 fully saturated rings. The third kappa shape index (κ3) is 3.71. The number of rotatable bonds is 4. The SMILES string of the molecule is Cc1cccc(C(=O)Nc2cccnc2N2CCC(CO)CC2)n1. The topological polar surface area (TPSA) is 78.4 Å². The minimum Gasteiger partial charge on any atom is -0.396 e. The molecule has 3 rings (SSSR count). The zero-order chi connectivity index (χ0) is 16.9. The van der Waals surface area contributed by atoms with Crippen molar-refractivity contribution in [2.45, 2.75) is 19.8 Å². The highest BCUT2D eigenvalue weighted by Gasteiger charge is 2.22. The van der Waals surface area contributed by atoms with Crippen LogP contribution < -0.4 is 10.2 Å². The summed E-state index contributed by atoms with van der Waals surface area (Å²) in [4.78, 5) is 23.3. The van der Waals surface area contributed by atoms with Crippen LogP contribution in [0.5, 0.6) is 0 Å². The van der Waals surface area contributed by atoms with Gasteiger partial charge >= 0.3 is 0 Å². The first-order valence-electron chi connectivity index (χ1n) is 8.23. The molecule has 1 saturated heterocycles. The number of hydrogen-bond acceptors (Lipinski definition) is 5. The van der Waals surface area contributed by atoms with Gasteiger partial charge < -0.3 is 15.3 Å². The van der Waals surface area contributed by atoms with Gasteiger partial charge in [0.25, 0.3) is 5.91 Å². The van der Waals surface area contributed by atoms with E-state index in [-0.39, 0.29) is 12.5 Å². The summed E-state index contributed by atoms with van der Waals surface area (Å²) in [6, 6.07) is 9.04. The lowest BCUT2D eigenvalue weighted by Gasteiger charge is -2.33. The molecular weight excluding hydrogens is 304 g/mol. The highest BCUT2D eigenvalue weighted by atomic mass is 16.3. The Hall–Kier alpha value is -2.47. The molecule has 1 aliphatic rings. The van der Waals surface area contributed by atoms with Crippen LogP contribution in [-0.4, -0.2) is 40.7 Å². The molecule has 0 spiro atoms. The van der Waals surface area contributed by atoms with Crippen LogP contribution in [0.15, 0.2) is 36.5 Å². The first kappa shape index (κ1) is 16.4. The average molecular weight is 326 g/mol. The molecule has 0 aliphatic carbocycles. The fourth-order valence-electron chi connectivity index (χ4n) is 2.93. The van der Waals surface area contributed by atoms with Gasteiger partial charge in [-0.15, -0.1) is 0 Å². The van der Waals surface area contributed by atoms with Gasteiger partial charge in [0.05, 0.1) is 5.69 Å². The number of carbonyl (C=O) groups is 1. The Morgan fingerprint density at radius 1 is 1.29 bits per heavy atom. The third-order valence-corrected chi connectivity index (χ3v) is 4.33. The molecule has 0 saturated carbocycles. The van der Waals surface area contributed by atoms with Gasteiger partial charge in [0, 0.05) is 31.6 Å². The Bertz CT molecular complexity index is 712. The van der Waals surface area contributed by atoms with Crippen molar-refractivity contribution < 1.29 is 9.90 Å². The van der Waals surface area contributed by atoms with Crippen LogP contribution >= 0.6 is 0 Å². The van der Waals surface area contributed by atoms with Crippen molar-refractivity contribution in [3.8, 4) is 0 Å². The Kier molecular flexibility index (Phi) is 5.05. The maximum atomic E-state index is 12.4. The number of piperidine rings is 1. The summed E-state index contributed by atoms with van der Waals surface area (Å²) in [5.41, 5.74) is 1.89. The highest BCUT2D eigenvalue weighted by molar-refractivity contribution is 6.04. The number of aromatic nitrogens is 2. The van der Waals surface area contributed by atoms with Crippen LogP contribution in [0.2, 0.25) is 0 Å². The van der Waals surface area contributed by atoms with Crippen LogP contribution in [-0.2, 0) is 0 Å². The van der Waals surface area contributed by atoms with Crippen LogP contribution in [0.25, 0.3) is 0 Å². The fourth-order valence-corrected chi connectivity index (χ4v) is 2.93. The van der Waals surface area contributed by atoms with Gasteiger partial charge in [-0.3, -0.25) is 4.79 Å². The van der Waals surface area contributed by atoms with E-state index >= 15 is 0 Å². The Labute approximate surface area is 141 Å². The minimum atomic E-state index is -0.238. The summed E-state index contributed by atoms with van der Waals surface area (Å²) in [7, 11) is 0. The smallest absolute Gasteiger partial charge is 0.274 e. The van der Waals surface area contributed by atoms with Crippen molar-refractivity contribution in [2.75, 3.05) is 29.9 Å². The summed E-state index contributed by atoms with van der Waals surface area (Å²) >= 11 is 0. The van der Waals surface area contributed by atoms with Crippen LogP contribution in [0.1, 0.15) is 29.0 Å². The van der Waals surface area contributed by atoms with Crippen molar-refractivity contribution in [2.24, 2.45) is 5.92 Å². The van der Waals surface area contributed by atoms with Gasteiger partial charge in [0.2, 0.25) is 0 Å². The molecule has 2 N–H and O–H groups in total. The lowest BCUT2D eigenvalue weighted by molar-refractivity contribution is 0.102. The van der Waals surface area contributed by atoms with E-state index in [2.05, 4.69) is 20.2 Å². The molecule has 0 aromatic carbocycles. The average Bonchev–Trinajstić information content (AvgIpc) is 2.62. The van der Waals surface area contributed by atoms with Gasteiger partial charge in [0.1, 0.15) is 5.69 Å². The molecule has 126 valence electrons. The fraction of sp³-hybridized carbons (Fsp3) is 0.389. The molecule has 0 radical (unpaired) electrons. The van der Waals surface area contributed by atoms with E-state index in [1.807, 2.05) is 31.2 Å². The molecule has 0 atom stereocenters. The van der Waals surface area contributed by atoms with Crippen molar-refractivity contribution in [1.29, 1.82) is 0 Å². The number of nitrogens with one attached hydrogen (secondary N) is 1. The zero-order valence-corrected chi connectivity index (χ0v) is 13.8. The summed E-state index contributed by atoms with van der Waals surface area (Å²) in [5, 5.41) is 12.2. The quantitative estimate of drug-likeness (QED) is 0.901. The largest absolute Gasteiger partial charge is 0.396 e. The molecule has 2 aromatic heterocycles. The normalized spacial score (nSPS) is 15.3. The number of hydrogen-bond donors (Lipinski definition) is 2. The molecule has 24 heavy (non-hydrogen) atoms. The van der Waals surface area contributed by atoms with E-state index in [0.29, 0.717) is 17.3 Å². The molecule has 0 unspecified atom stereocenters. The van der Waals surface area contributed by atoms with Gasteiger partial charge in [-0.25, -0.2) is 9.97 Å². The predicted molar refractivity (Wildman–Crippen MR) is 93.2 cm³/mol. The lowest BCUT2D eigenvalue weighted by Crippen LogP contribution is -2.36. The standard InChI is InChI=1S/C18H22N4O2/c1-13-4-2-5-16(20-13)18(24)21-15-6-3-9-19-17(15)22-10-7-14(12-23)8-11-22/h2-6,9,14,23H,7-8,10-12H2,1H3,(H,21,24). The van der Waals surface area contributed by atoms with E-state index in [0.717, 1.165) is 37.4 Å².